The van der Waals surface area contributed by atoms with Crippen molar-refractivity contribution in [2.75, 3.05) is 5.32 Å². The fourth-order valence-electron chi connectivity index (χ4n) is 2.17. The van der Waals surface area contributed by atoms with E-state index >= 15 is 0 Å². The smallest absolute Gasteiger partial charge is 0.243 e. The Balaban J connectivity index is 2.08. The van der Waals surface area contributed by atoms with Gasteiger partial charge in [-0.2, -0.15) is 5.26 Å². The Bertz CT molecular complexity index is 654. The van der Waals surface area contributed by atoms with Gasteiger partial charge >= 0.3 is 0 Å². The van der Waals surface area contributed by atoms with E-state index in [9.17, 15) is 10.1 Å². The number of rotatable bonds is 4. The van der Waals surface area contributed by atoms with Crippen LogP contribution in [-0.4, -0.2) is 10.9 Å². The van der Waals surface area contributed by atoms with Crippen LogP contribution in [0, 0.1) is 31.1 Å². The predicted molar refractivity (Wildman–Crippen MR) is 81.6 cm³/mol. The van der Waals surface area contributed by atoms with E-state index in [4.69, 9.17) is 0 Å². The summed E-state index contributed by atoms with van der Waals surface area (Å²) in [6, 6.07) is 15.3. The van der Waals surface area contributed by atoms with Crippen LogP contribution in [0.3, 0.4) is 0 Å². The molecule has 0 fully saturated rings. The normalized spacial score (nSPS) is 11.5. The van der Waals surface area contributed by atoms with Gasteiger partial charge in [-0.3, -0.25) is 4.79 Å². The minimum absolute atomic E-state index is 0.321. The van der Waals surface area contributed by atoms with Crippen LogP contribution < -0.4 is 5.32 Å². The van der Waals surface area contributed by atoms with Crippen molar-refractivity contribution in [3.05, 3.63) is 59.3 Å². The predicted octanol–water partition coefficient (Wildman–Crippen LogP) is 3.02. The number of carbonyl (C=O) groups excluding carboxylic acids is 1. The lowest BCUT2D eigenvalue weighted by Crippen LogP contribution is -2.24. The van der Waals surface area contributed by atoms with Gasteiger partial charge in [-0.05, 0) is 43.5 Å². The summed E-state index contributed by atoms with van der Waals surface area (Å²) in [5.41, 5.74) is 2.82. The number of aryl methyl sites for hydroxylation is 2. The Kier molecular flexibility index (Phi) is 4.68. The topological polar surface area (TPSA) is 65.8 Å². The van der Waals surface area contributed by atoms with Crippen molar-refractivity contribution in [2.45, 2.75) is 20.3 Å². The number of benzene rings is 1. The molecule has 0 spiro atoms. The minimum Gasteiger partial charge on any atom is -0.310 e. The summed E-state index contributed by atoms with van der Waals surface area (Å²) in [6.07, 6.45) is 0.397. The number of anilines is 1. The molecule has 21 heavy (non-hydrogen) atoms. The molecule has 2 rings (SSSR count). The van der Waals surface area contributed by atoms with Crippen LogP contribution in [0.2, 0.25) is 0 Å². The van der Waals surface area contributed by atoms with Gasteiger partial charge in [-0.15, -0.1) is 0 Å². The number of nitriles is 1. The molecule has 0 aliphatic rings. The Hall–Kier alpha value is -2.67. The molecule has 1 heterocycles. The highest BCUT2D eigenvalue weighted by Gasteiger charge is 2.19. The van der Waals surface area contributed by atoms with E-state index < -0.39 is 5.92 Å². The highest BCUT2D eigenvalue weighted by molar-refractivity contribution is 5.93. The Morgan fingerprint density at radius 2 is 2.00 bits per heavy atom. The zero-order chi connectivity index (χ0) is 15.2. The maximum atomic E-state index is 12.2. The lowest BCUT2D eigenvalue weighted by Gasteiger charge is -2.11. The largest absolute Gasteiger partial charge is 0.310 e. The van der Waals surface area contributed by atoms with Crippen LogP contribution in [0.15, 0.2) is 42.5 Å². The lowest BCUT2D eigenvalue weighted by atomic mass is 10.00. The molecule has 1 N–H and O–H groups in total. The molecule has 1 aromatic heterocycles. The van der Waals surface area contributed by atoms with E-state index in [0.29, 0.717) is 12.2 Å². The molecule has 0 saturated carbocycles. The summed E-state index contributed by atoms with van der Waals surface area (Å²) >= 11 is 0. The van der Waals surface area contributed by atoms with E-state index in [0.717, 1.165) is 16.8 Å². The molecule has 0 aliphatic carbocycles. The van der Waals surface area contributed by atoms with E-state index in [1.165, 1.54) is 0 Å². The number of amides is 1. The fourth-order valence-corrected chi connectivity index (χ4v) is 2.17. The van der Waals surface area contributed by atoms with Crippen molar-refractivity contribution in [2.24, 2.45) is 5.92 Å². The summed E-state index contributed by atoms with van der Waals surface area (Å²) in [4.78, 5) is 16.5. The molecule has 2 aromatic rings. The van der Waals surface area contributed by atoms with Crippen LogP contribution >= 0.6 is 0 Å². The average Bonchev–Trinajstić information content (AvgIpc) is 2.44. The van der Waals surface area contributed by atoms with Crippen LogP contribution in [-0.2, 0) is 11.2 Å². The maximum Gasteiger partial charge on any atom is 0.243 e. The number of nitrogens with one attached hydrogen (secondary N) is 1. The number of nitrogens with zero attached hydrogens (tertiary/aromatic N) is 2. The molecule has 1 aromatic carbocycles. The second kappa shape index (κ2) is 6.67. The van der Waals surface area contributed by atoms with E-state index in [1.54, 1.807) is 6.07 Å². The minimum atomic E-state index is -0.727. The molecular formula is C17H17N3O. The van der Waals surface area contributed by atoms with Gasteiger partial charge in [0.25, 0.3) is 0 Å². The van der Waals surface area contributed by atoms with Gasteiger partial charge in [-0.1, -0.05) is 30.3 Å². The van der Waals surface area contributed by atoms with Crippen LogP contribution in [0.5, 0.6) is 0 Å². The van der Waals surface area contributed by atoms with Crippen LogP contribution in [0.4, 0.5) is 5.82 Å². The first-order chi connectivity index (χ1) is 10.1. The first kappa shape index (κ1) is 14.7. The SMILES string of the molecule is Cc1cc(C)nc(NC(=O)C(C#N)Cc2ccccc2)c1. The second-order valence-corrected chi connectivity index (χ2v) is 5.03. The molecule has 0 radical (unpaired) electrons. The summed E-state index contributed by atoms with van der Waals surface area (Å²) < 4.78 is 0. The van der Waals surface area contributed by atoms with Crippen molar-refractivity contribution in [1.82, 2.24) is 4.98 Å². The molecular weight excluding hydrogens is 262 g/mol. The standard InChI is InChI=1S/C17H17N3O/c1-12-8-13(2)19-16(9-12)20-17(21)15(11-18)10-14-6-4-3-5-7-14/h3-9,15H,10H2,1-2H3,(H,19,20,21). The maximum absolute atomic E-state index is 12.2. The van der Waals surface area contributed by atoms with Crippen molar-refractivity contribution >= 4 is 11.7 Å². The number of hydrogen-bond donors (Lipinski definition) is 1. The highest BCUT2D eigenvalue weighted by atomic mass is 16.1. The molecule has 1 amide bonds. The third kappa shape index (κ3) is 4.15. The number of hydrogen-bond acceptors (Lipinski definition) is 3. The molecule has 1 atom stereocenters. The van der Waals surface area contributed by atoms with Crippen molar-refractivity contribution in [3.8, 4) is 6.07 Å². The van der Waals surface area contributed by atoms with Gasteiger partial charge in [0, 0.05) is 5.69 Å². The molecule has 0 aliphatic heterocycles. The second-order valence-electron chi connectivity index (χ2n) is 5.03. The summed E-state index contributed by atoms with van der Waals surface area (Å²) in [7, 11) is 0. The third-order valence-corrected chi connectivity index (χ3v) is 3.10. The first-order valence-corrected chi connectivity index (χ1v) is 6.78. The van der Waals surface area contributed by atoms with Gasteiger partial charge in [0.05, 0.1) is 6.07 Å². The van der Waals surface area contributed by atoms with E-state index in [-0.39, 0.29) is 5.91 Å². The van der Waals surface area contributed by atoms with Gasteiger partial charge in [0.1, 0.15) is 11.7 Å². The molecule has 1 unspecified atom stereocenters. The summed E-state index contributed by atoms with van der Waals surface area (Å²) in [6.45, 7) is 3.81. The number of pyridine rings is 1. The summed E-state index contributed by atoms with van der Waals surface area (Å²) in [5, 5.41) is 11.9. The van der Waals surface area contributed by atoms with Gasteiger partial charge < -0.3 is 5.32 Å². The Morgan fingerprint density at radius 3 is 2.62 bits per heavy atom. The monoisotopic (exact) mass is 279 g/mol. The Morgan fingerprint density at radius 1 is 1.29 bits per heavy atom. The van der Waals surface area contributed by atoms with Crippen LogP contribution in [0.1, 0.15) is 16.8 Å². The molecule has 4 nitrogen and oxygen atoms in total. The number of carbonyl (C=O) groups is 1. The van der Waals surface area contributed by atoms with Crippen molar-refractivity contribution < 1.29 is 4.79 Å². The highest BCUT2D eigenvalue weighted by Crippen LogP contribution is 2.13. The van der Waals surface area contributed by atoms with Crippen molar-refractivity contribution in [1.29, 1.82) is 5.26 Å². The number of aromatic nitrogens is 1. The first-order valence-electron chi connectivity index (χ1n) is 6.78. The summed E-state index contributed by atoms with van der Waals surface area (Å²) in [5.74, 6) is -0.556. The average molecular weight is 279 g/mol. The van der Waals surface area contributed by atoms with Gasteiger partial charge in [-0.25, -0.2) is 4.98 Å². The van der Waals surface area contributed by atoms with Gasteiger partial charge in [0.2, 0.25) is 5.91 Å². The lowest BCUT2D eigenvalue weighted by molar-refractivity contribution is -0.118. The molecule has 0 saturated heterocycles. The Labute approximate surface area is 124 Å². The van der Waals surface area contributed by atoms with Crippen molar-refractivity contribution in [3.63, 3.8) is 0 Å². The van der Waals surface area contributed by atoms with Gasteiger partial charge in [0.15, 0.2) is 0 Å². The fraction of sp³-hybridized carbons (Fsp3) is 0.235. The van der Waals surface area contributed by atoms with E-state index in [1.807, 2.05) is 50.2 Å². The molecule has 106 valence electrons. The van der Waals surface area contributed by atoms with Crippen LogP contribution in [0.25, 0.3) is 0 Å². The molecule has 4 heteroatoms. The van der Waals surface area contributed by atoms with E-state index in [2.05, 4.69) is 16.4 Å². The third-order valence-electron chi connectivity index (χ3n) is 3.10. The molecule has 0 bridgehead atoms. The quantitative estimate of drug-likeness (QED) is 0.935. The zero-order valence-electron chi connectivity index (χ0n) is 12.1. The zero-order valence-corrected chi connectivity index (χ0v) is 12.1.